The van der Waals surface area contributed by atoms with Crippen LogP contribution in [0.3, 0.4) is 0 Å². The van der Waals surface area contributed by atoms with E-state index in [9.17, 15) is 0 Å². The van der Waals surface area contributed by atoms with E-state index in [0.29, 0.717) is 18.8 Å². The van der Waals surface area contributed by atoms with Crippen LogP contribution in [0.15, 0.2) is 12.1 Å². The minimum absolute atomic E-state index is 0.343. The molecule has 2 unspecified atom stereocenters. The molecule has 0 aliphatic carbocycles. The van der Waals surface area contributed by atoms with Gasteiger partial charge >= 0.3 is 0 Å². The number of fused-ring (bicyclic) bond motifs is 1. The van der Waals surface area contributed by atoms with Crippen molar-refractivity contribution < 1.29 is 9.47 Å². The maximum atomic E-state index is 5.53. The SMILES string of the molecule is Cc1cc2c(cc1C(C1CCNC1)N(C)C)OCO2. The smallest absolute Gasteiger partial charge is 0.231 e. The van der Waals surface area contributed by atoms with Gasteiger partial charge in [-0.25, -0.2) is 0 Å². The van der Waals surface area contributed by atoms with Crippen LogP contribution in [0.25, 0.3) is 0 Å². The molecule has 1 fully saturated rings. The molecule has 0 amide bonds. The van der Waals surface area contributed by atoms with Gasteiger partial charge in [-0.2, -0.15) is 0 Å². The number of nitrogens with zero attached hydrogens (tertiary/aromatic N) is 1. The van der Waals surface area contributed by atoms with Gasteiger partial charge in [0, 0.05) is 6.04 Å². The van der Waals surface area contributed by atoms with Crippen molar-refractivity contribution in [1.82, 2.24) is 10.2 Å². The van der Waals surface area contributed by atoms with E-state index in [1.807, 2.05) is 0 Å². The zero-order chi connectivity index (χ0) is 13.4. The molecule has 1 aromatic carbocycles. The van der Waals surface area contributed by atoms with Gasteiger partial charge in [-0.15, -0.1) is 0 Å². The lowest BCUT2D eigenvalue weighted by Crippen LogP contribution is -2.29. The van der Waals surface area contributed by atoms with Gasteiger partial charge in [0.25, 0.3) is 0 Å². The lowest BCUT2D eigenvalue weighted by Gasteiger charge is -2.31. The molecule has 0 radical (unpaired) electrons. The van der Waals surface area contributed by atoms with Crippen LogP contribution in [-0.2, 0) is 0 Å². The van der Waals surface area contributed by atoms with E-state index in [4.69, 9.17) is 9.47 Å². The summed E-state index contributed by atoms with van der Waals surface area (Å²) in [5, 5.41) is 3.47. The number of nitrogens with one attached hydrogen (secondary N) is 1. The summed E-state index contributed by atoms with van der Waals surface area (Å²) in [6.07, 6.45) is 1.23. The summed E-state index contributed by atoms with van der Waals surface area (Å²) in [6, 6.07) is 4.71. The third-order valence-corrected chi connectivity index (χ3v) is 4.18. The number of hydrogen-bond acceptors (Lipinski definition) is 4. The Hall–Kier alpha value is -1.26. The highest BCUT2D eigenvalue weighted by atomic mass is 16.7. The molecule has 2 atom stereocenters. The molecule has 0 spiro atoms. The van der Waals surface area contributed by atoms with Crippen LogP contribution in [0, 0.1) is 12.8 Å². The monoisotopic (exact) mass is 262 g/mol. The lowest BCUT2D eigenvalue weighted by atomic mass is 9.88. The molecular formula is C15H22N2O2. The van der Waals surface area contributed by atoms with E-state index in [2.05, 4.69) is 43.4 Å². The van der Waals surface area contributed by atoms with E-state index in [1.165, 1.54) is 17.5 Å². The van der Waals surface area contributed by atoms with Crippen LogP contribution in [0.2, 0.25) is 0 Å². The van der Waals surface area contributed by atoms with Crippen LogP contribution in [0.1, 0.15) is 23.6 Å². The Labute approximate surface area is 114 Å². The highest BCUT2D eigenvalue weighted by molar-refractivity contribution is 5.49. The zero-order valence-electron chi connectivity index (χ0n) is 11.9. The Balaban J connectivity index is 1.98. The predicted molar refractivity (Wildman–Crippen MR) is 74.7 cm³/mol. The van der Waals surface area contributed by atoms with Crippen LogP contribution in [-0.4, -0.2) is 38.9 Å². The third kappa shape index (κ3) is 2.30. The summed E-state index contributed by atoms with van der Waals surface area (Å²) in [4.78, 5) is 2.32. The number of ether oxygens (including phenoxy) is 2. The van der Waals surface area contributed by atoms with Crippen molar-refractivity contribution in [2.45, 2.75) is 19.4 Å². The number of benzene rings is 1. The fourth-order valence-electron chi connectivity index (χ4n) is 3.28. The molecule has 3 rings (SSSR count). The maximum Gasteiger partial charge on any atom is 0.231 e. The fourth-order valence-corrected chi connectivity index (χ4v) is 3.28. The molecular weight excluding hydrogens is 240 g/mol. The van der Waals surface area contributed by atoms with Crippen LogP contribution in [0.4, 0.5) is 0 Å². The molecule has 1 saturated heterocycles. The quantitative estimate of drug-likeness (QED) is 0.902. The number of hydrogen-bond donors (Lipinski definition) is 1. The van der Waals surface area contributed by atoms with E-state index < -0.39 is 0 Å². The molecule has 0 bridgehead atoms. The molecule has 104 valence electrons. The Morgan fingerprint density at radius 2 is 2.00 bits per heavy atom. The Bertz CT molecular complexity index is 467. The first-order valence-corrected chi connectivity index (χ1v) is 6.94. The van der Waals surface area contributed by atoms with Crippen molar-refractivity contribution in [3.8, 4) is 11.5 Å². The summed E-state index contributed by atoms with van der Waals surface area (Å²) in [5.74, 6) is 2.43. The average molecular weight is 262 g/mol. The van der Waals surface area contributed by atoms with Crippen molar-refractivity contribution in [3.63, 3.8) is 0 Å². The average Bonchev–Trinajstić information content (AvgIpc) is 3.00. The van der Waals surface area contributed by atoms with Crippen molar-refractivity contribution in [3.05, 3.63) is 23.3 Å². The van der Waals surface area contributed by atoms with Crippen molar-refractivity contribution in [2.24, 2.45) is 5.92 Å². The fraction of sp³-hybridized carbons (Fsp3) is 0.600. The van der Waals surface area contributed by atoms with Crippen LogP contribution in [0.5, 0.6) is 11.5 Å². The van der Waals surface area contributed by atoms with Crippen molar-refractivity contribution >= 4 is 0 Å². The topological polar surface area (TPSA) is 33.7 Å². The zero-order valence-corrected chi connectivity index (χ0v) is 11.9. The maximum absolute atomic E-state index is 5.53. The van der Waals surface area contributed by atoms with Gasteiger partial charge in [0.15, 0.2) is 11.5 Å². The summed E-state index contributed by atoms with van der Waals surface area (Å²) >= 11 is 0. The molecule has 0 aromatic heterocycles. The predicted octanol–water partition coefficient (Wildman–Crippen LogP) is 1.94. The van der Waals surface area contributed by atoms with Gasteiger partial charge in [-0.1, -0.05) is 0 Å². The van der Waals surface area contributed by atoms with E-state index in [1.54, 1.807) is 0 Å². The van der Waals surface area contributed by atoms with Gasteiger partial charge in [0.1, 0.15) is 0 Å². The molecule has 19 heavy (non-hydrogen) atoms. The first-order chi connectivity index (χ1) is 9.16. The molecule has 4 heteroatoms. The Morgan fingerprint density at radius 3 is 2.63 bits per heavy atom. The largest absolute Gasteiger partial charge is 0.454 e. The molecule has 1 aromatic rings. The second kappa shape index (κ2) is 5.02. The minimum Gasteiger partial charge on any atom is -0.454 e. The van der Waals surface area contributed by atoms with Crippen molar-refractivity contribution in [1.29, 1.82) is 0 Å². The van der Waals surface area contributed by atoms with Crippen molar-refractivity contribution in [2.75, 3.05) is 34.0 Å². The van der Waals surface area contributed by atoms with Gasteiger partial charge in [-0.05, 0) is 69.7 Å². The summed E-state index contributed by atoms with van der Waals surface area (Å²) in [7, 11) is 4.32. The molecule has 0 saturated carbocycles. The highest BCUT2D eigenvalue weighted by Gasteiger charge is 2.30. The van der Waals surface area contributed by atoms with E-state index in [0.717, 1.165) is 24.6 Å². The first kappa shape index (κ1) is 12.8. The lowest BCUT2D eigenvalue weighted by molar-refractivity contribution is 0.173. The van der Waals surface area contributed by atoms with Gasteiger partial charge in [0.2, 0.25) is 6.79 Å². The molecule has 2 heterocycles. The normalized spacial score (nSPS) is 23.1. The third-order valence-electron chi connectivity index (χ3n) is 4.18. The molecule has 2 aliphatic heterocycles. The molecule has 1 N–H and O–H groups in total. The number of rotatable bonds is 3. The summed E-state index contributed by atoms with van der Waals surface area (Å²) in [5.41, 5.74) is 2.65. The second-order valence-electron chi connectivity index (χ2n) is 5.72. The summed E-state index contributed by atoms with van der Waals surface area (Å²) in [6.45, 7) is 4.72. The molecule has 2 aliphatic rings. The minimum atomic E-state index is 0.343. The second-order valence-corrected chi connectivity index (χ2v) is 5.72. The highest BCUT2D eigenvalue weighted by Crippen LogP contribution is 2.40. The van der Waals surface area contributed by atoms with Crippen LogP contribution >= 0.6 is 0 Å². The molecule has 4 nitrogen and oxygen atoms in total. The van der Waals surface area contributed by atoms with E-state index in [-0.39, 0.29) is 0 Å². The standard InChI is InChI=1S/C15H22N2O2/c1-10-6-13-14(19-9-18-13)7-12(10)15(17(2)3)11-4-5-16-8-11/h6-7,11,15-16H,4-5,8-9H2,1-3H3. The Morgan fingerprint density at radius 1 is 1.26 bits per heavy atom. The number of aryl methyl sites for hydroxylation is 1. The first-order valence-electron chi connectivity index (χ1n) is 6.94. The van der Waals surface area contributed by atoms with E-state index >= 15 is 0 Å². The van der Waals surface area contributed by atoms with Gasteiger partial charge < -0.3 is 19.7 Å². The Kier molecular flexibility index (Phi) is 3.37. The van der Waals surface area contributed by atoms with Gasteiger partial charge in [0.05, 0.1) is 0 Å². The van der Waals surface area contributed by atoms with Crippen LogP contribution < -0.4 is 14.8 Å². The van der Waals surface area contributed by atoms with Gasteiger partial charge in [-0.3, -0.25) is 0 Å². The summed E-state index contributed by atoms with van der Waals surface area (Å²) < 4.78 is 11.0.